The summed E-state index contributed by atoms with van der Waals surface area (Å²) in [6.45, 7) is 0.440. The van der Waals surface area contributed by atoms with Crippen molar-refractivity contribution in [3.8, 4) is 0 Å². The van der Waals surface area contributed by atoms with Crippen molar-refractivity contribution in [3.63, 3.8) is 0 Å². The van der Waals surface area contributed by atoms with Gasteiger partial charge in [-0.15, -0.1) is 0 Å². The predicted molar refractivity (Wildman–Crippen MR) is 111 cm³/mol. The first-order valence-corrected chi connectivity index (χ1v) is 11.2. The fraction of sp³-hybridized carbons (Fsp3) is 0.250. The molecule has 2 aromatic rings. The number of rotatable bonds is 3. The minimum absolute atomic E-state index is 0.0181. The van der Waals surface area contributed by atoms with Crippen molar-refractivity contribution in [3.05, 3.63) is 64.7 Å². The maximum Gasteiger partial charge on any atom is 0.196 e. The molecule has 1 atom stereocenters. The van der Waals surface area contributed by atoms with Crippen molar-refractivity contribution in [1.82, 2.24) is 5.32 Å². The van der Waals surface area contributed by atoms with Crippen molar-refractivity contribution >= 4 is 44.4 Å². The summed E-state index contributed by atoms with van der Waals surface area (Å²) in [4.78, 5) is 25.7. The van der Waals surface area contributed by atoms with Gasteiger partial charge in [-0.2, -0.15) is 0 Å². The molecule has 2 aliphatic rings. The number of ketones is 2. The van der Waals surface area contributed by atoms with Crippen molar-refractivity contribution < 1.29 is 18.0 Å². The summed E-state index contributed by atoms with van der Waals surface area (Å²) in [5, 5.41) is 6.31. The van der Waals surface area contributed by atoms with Crippen molar-refractivity contribution in [2.75, 3.05) is 23.4 Å². The van der Waals surface area contributed by atoms with Gasteiger partial charge >= 0.3 is 0 Å². The highest BCUT2D eigenvalue weighted by Crippen LogP contribution is 2.31. The molecule has 0 aromatic heterocycles. The van der Waals surface area contributed by atoms with E-state index in [-0.39, 0.29) is 34.1 Å². The van der Waals surface area contributed by atoms with Gasteiger partial charge in [0.05, 0.1) is 22.8 Å². The lowest BCUT2D eigenvalue weighted by atomic mass is 9.83. The Morgan fingerprint density at radius 3 is 2.36 bits per heavy atom. The second kappa shape index (κ2) is 7.10. The van der Waals surface area contributed by atoms with E-state index in [4.69, 9.17) is 12.2 Å². The summed E-state index contributed by atoms with van der Waals surface area (Å²) >= 11 is 5.31. The fourth-order valence-electron chi connectivity index (χ4n) is 3.69. The third kappa shape index (κ3) is 3.45. The third-order valence-electron chi connectivity index (χ3n) is 5.08. The van der Waals surface area contributed by atoms with Crippen LogP contribution in [-0.4, -0.2) is 43.1 Å². The van der Waals surface area contributed by atoms with Gasteiger partial charge in [0.2, 0.25) is 0 Å². The van der Waals surface area contributed by atoms with E-state index in [0.29, 0.717) is 40.9 Å². The molecule has 0 bridgehead atoms. The van der Waals surface area contributed by atoms with Crippen LogP contribution in [-0.2, 0) is 9.84 Å². The molecule has 1 fully saturated rings. The van der Waals surface area contributed by atoms with Gasteiger partial charge in [-0.05, 0) is 30.6 Å². The Morgan fingerprint density at radius 2 is 1.68 bits per heavy atom. The average molecular weight is 415 g/mol. The molecule has 1 saturated heterocycles. The Hall–Kier alpha value is -2.58. The van der Waals surface area contributed by atoms with Gasteiger partial charge in [-0.1, -0.05) is 36.4 Å². The highest BCUT2D eigenvalue weighted by molar-refractivity contribution is 7.91. The Bertz CT molecular complexity index is 1110. The molecule has 144 valence electrons. The molecule has 0 radical (unpaired) electrons. The molecule has 1 heterocycles. The molecule has 0 amide bonds. The van der Waals surface area contributed by atoms with Crippen LogP contribution in [0, 0.1) is 5.92 Å². The number of carbonyl (C=O) groups is 2. The zero-order valence-corrected chi connectivity index (χ0v) is 16.5. The number of nitrogens with one attached hydrogen (secondary N) is 2. The summed E-state index contributed by atoms with van der Waals surface area (Å²) in [5.74, 6) is -0.0269. The predicted octanol–water partition coefficient (Wildman–Crippen LogP) is 2.18. The van der Waals surface area contributed by atoms with Crippen LogP contribution in [0.3, 0.4) is 0 Å². The van der Waals surface area contributed by atoms with E-state index in [0.717, 1.165) is 0 Å². The standard InChI is InChI=1S/C20H18N2O4S2/c23-18-13-4-1-2-5-14(13)19(24)17-15(18)6-3-7-16(17)22-20(27)21-10-12-8-9-28(25,26)11-12/h1-7,12H,8-11H2,(H2,21,22,27). The van der Waals surface area contributed by atoms with Crippen LogP contribution >= 0.6 is 12.2 Å². The molecule has 1 unspecified atom stereocenters. The van der Waals surface area contributed by atoms with Gasteiger partial charge in [-0.25, -0.2) is 8.42 Å². The van der Waals surface area contributed by atoms with Crippen LogP contribution in [0.4, 0.5) is 5.69 Å². The van der Waals surface area contributed by atoms with Crippen molar-refractivity contribution in [1.29, 1.82) is 0 Å². The lowest BCUT2D eigenvalue weighted by Gasteiger charge is -2.21. The fourth-order valence-corrected chi connectivity index (χ4v) is 5.74. The van der Waals surface area contributed by atoms with E-state index in [1.54, 1.807) is 42.5 Å². The molecule has 0 saturated carbocycles. The highest BCUT2D eigenvalue weighted by Gasteiger charge is 2.31. The summed E-state index contributed by atoms with van der Waals surface area (Å²) in [6.07, 6.45) is 0.614. The summed E-state index contributed by atoms with van der Waals surface area (Å²) < 4.78 is 23.1. The number of benzene rings is 2. The van der Waals surface area contributed by atoms with Crippen molar-refractivity contribution in [2.24, 2.45) is 5.92 Å². The monoisotopic (exact) mass is 414 g/mol. The van der Waals surface area contributed by atoms with Gasteiger partial charge in [0, 0.05) is 23.2 Å². The lowest BCUT2D eigenvalue weighted by Crippen LogP contribution is -2.34. The Balaban J connectivity index is 1.53. The van der Waals surface area contributed by atoms with Gasteiger partial charge in [-0.3, -0.25) is 9.59 Å². The van der Waals surface area contributed by atoms with Crippen LogP contribution in [0.2, 0.25) is 0 Å². The second-order valence-electron chi connectivity index (χ2n) is 7.04. The largest absolute Gasteiger partial charge is 0.362 e. The van der Waals surface area contributed by atoms with E-state index in [2.05, 4.69) is 10.6 Å². The minimum atomic E-state index is -2.94. The molecule has 1 aliphatic heterocycles. The van der Waals surface area contributed by atoms with E-state index < -0.39 is 9.84 Å². The number of thiocarbonyl (C=S) groups is 1. The maximum atomic E-state index is 13.0. The number of hydrogen-bond donors (Lipinski definition) is 2. The highest BCUT2D eigenvalue weighted by atomic mass is 32.2. The smallest absolute Gasteiger partial charge is 0.196 e. The Kier molecular flexibility index (Phi) is 4.76. The SMILES string of the molecule is O=C1c2ccccc2C(=O)c2c(NC(=S)NCC3CCS(=O)(=O)C3)cccc21. The van der Waals surface area contributed by atoms with Crippen LogP contribution < -0.4 is 10.6 Å². The minimum Gasteiger partial charge on any atom is -0.362 e. The molecular weight excluding hydrogens is 396 g/mol. The Labute approximate surface area is 168 Å². The van der Waals surface area contributed by atoms with Crippen LogP contribution in [0.5, 0.6) is 0 Å². The van der Waals surface area contributed by atoms with Gasteiger partial charge in [0.15, 0.2) is 26.5 Å². The van der Waals surface area contributed by atoms with Crippen LogP contribution in [0.15, 0.2) is 42.5 Å². The van der Waals surface area contributed by atoms with Crippen LogP contribution in [0.25, 0.3) is 0 Å². The first-order valence-electron chi connectivity index (χ1n) is 8.92. The molecule has 1 aliphatic carbocycles. The average Bonchev–Trinajstić information content (AvgIpc) is 3.03. The molecule has 2 N–H and O–H groups in total. The number of fused-ring (bicyclic) bond motifs is 2. The number of anilines is 1. The summed E-state index contributed by atoms with van der Waals surface area (Å²) in [7, 11) is -2.94. The molecule has 2 aromatic carbocycles. The van der Waals surface area contributed by atoms with Crippen LogP contribution in [0.1, 0.15) is 38.3 Å². The molecule has 8 heteroatoms. The molecular formula is C20H18N2O4S2. The lowest BCUT2D eigenvalue weighted by molar-refractivity contribution is 0.0979. The first-order chi connectivity index (χ1) is 13.4. The van der Waals surface area contributed by atoms with Crippen molar-refractivity contribution in [2.45, 2.75) is 6.42 Å². The first kappa shape index (κ1) is 18.8. The van der Waals surface area contributed by atoms with Gasteiger partial charge in [0.25, 0.3) is 0 Å². The van der Waals surface area contributed by atoms with E-state index >= 15 is 0 Å². The van der Waals surface area contributed by atoms with E-state index in [1.807, 2.05) is 0 Å². The Morgan fingerprint density at radius 1 is 1.00 bits per heavy atom. The summed E-state index contributed by atoms with van der Waals surface area (Å²) in [6, 6.07) is 11.8. The maximum absolute atomic E-state index is 13.0. The molecule has 6 nitrogen and oxygen atoms in total. The number of sulfone groups is 1. The molecule has 0 spiro atoms. The van der Waals surface area contributed by atoms with Gasteiger partial charge in [0.1, 0.15) is 0 Å². The zero-order valence-electron chi connectivity index (χ0n) is 14.9. The topological polar surface area (TPSA) is 92.3 Å². The third-order valence-corrected chi connectivity index (χ3v) is 7.16. The van der Waals surface area contributed by atoms with E-state index in [9.17, 15) is 18.0 Å². The quantitative estimate of drug-likeness (QED) is 0.635. The second-order valence-corrected chi connectivity index (χ2v) is 9.67. The number of carbonyl (C=O) groups excluding carboxylic acids is 2. The normalized spacial score (nSPS) is 19.6. The van der Waals surface area contributed by atoms with Gasteiger partial charge < -0.3 is 10.6 Å². The van der Waals surface area contributed by atoms with E-state index in [1.165, 1.54) is 0 Å². The molecule has 4 rings (SSSR count). The number of hydrogen-bond acceptors (Lipinski definition) is 5. The zero-order chi connectivity index (χ0) is 19.9. The summed E-state index contributed by atoms with van der Waals surface area (Å²) in [5.41, 5.74) is 1.89. The molecule has 28 heavy (non-hydrogen) atoms.